The van der Waals surface area contributed by atoms with Crippen LogP contribution in [0.2, 0.25) is 0 Å². The number of rotatable bonds is 3. The Bertz CT molecular complexity index is 898. The third-order valence-corrected chi connectivity index (χ3v) is 4.81. The fourth-order valence-corrected chi connectivity index (χ4v) is 3.62. The summed E-state index contributed by atoms with van der Waals surface area (Å²) >= 11 is 0. The molecule has 0 bridgehead atoms. The van der Waals surface area contributed by atoms with Gasteiger partial charge in [-0.05, 0) is 49.2 Å². The van der Waals surface area contributed by atoms with Crippen molar-refractivity contribution in [3.63, 3.8) is 0 Å². The molecule has 0 aliphatic carbocycles. The van der Waals surface area contributed by atoms with Gasteiger partial charge in [-0.1, -0.05) is 6.07 Å². The van der Waals surface area contributed by atoms with Gasteiger partial charge >= 0.3 is 0 Å². The molecule has 2 aromatic heterocycles. The number of aromatic nitrogens is 3. The molecule has 1 atom stereocenters. The molecule has 1 aliphatic heterocycles. The van der Waals surface area contributed by atoms with Crippen LogP contribution in [0.4, 0.5) is 10.3 Å². The van der Waals surface area contributed by atoms with Gasteiger partial charge in [0.05, 0.1) is 11.2 Å². The average molecular weight is 337 g/mol. The van der Waals surface area contributed by atoms with Crippen LogP contribution in [0.25, 0.3) is 10.9 Å². The van der Waals surface area contributed by atoms with Crippen molar-refractivity contribution in [2.45, 2.75) is 25.3 Å². The van der Waals surface area contributed by atoms with Crippen molar-refractivity contribution >= 4 is 16.9 Å². The summed E-state index contributed by atoms with van der Waals surface area (Å²) in [7, 11) is 0. The van der Waals surface area contributed by atoms with E-state index in [1.54, 1.807) is 24.5 Å². The van der Waals surface area contributed by atoms with Gasteiger partial charge in [0, 0.05) is 36.8 Å². The van der Waals surface area contributed by atoms with Gasteiger partial charge in [0.1, 0.15) is 5.82 Å². The number of hydrogen-bond donors (Lipinski definition) is 1. The van der Waals surface area contributed by atoms with Gasteiger partial charge in [0.2, 0.25) is 5.95 Å². The van der Waals surface area contributed by atoms with Gasteiger partial charge < -0.3 is 5.73 Å². The van der Waals surface area contributed by atoms with Crippen molar-refractivity contribution in [1.29, 1.82) is 0 Å². The Kier molecular flexibility index (Phi) is 4.28. The van der Waals surface area contributed by atoms with E-state index in [1.807, 2.05) is 12.1 Å². The van der Waals surface area contributed by atoms with E-state index >= 15 is 0 Å². The lowest BCUT2D eigenvalue weighted by molar-refractivity contribution is 0.199. The third kappa shape index (κ3) is 3.30. The monoisotopic (exact) mass is 337 g/mol. The number of likely N-dealkylation sites (tertiary alicyclic amines) is 1. The normalized spacial score (nSPS) is 18.5. The molecule has 2 N–H and O–H groups in total. The maximum atomic E-state index is 14.0. The molecule has 1 fully saturated rings. The number of nitrogen functional groups attached to an aromatic ring is 1. The minimum absolute atomic E-state index is 0.222. The van der Waals surface area contributed by atoms with Crippen LogP contribution >= 0.6 is 0 Å². The molecule has 128 valence electrons. The Morgan fingerprint density at radius 1 is 1.16 bits per heavy atom. The topological polar surface area (TPSA) is 67.9 Å². The second kappa shape index (κ2) is 6.72. The first-order valence-electron chi connectivity index (χ1n) is 8.53. The summed E-state index contributed by atoms with van der Waals surface area (Å²) in [5.41, 5.74) is 8.52. The molecule has 0 saturated carbocycles. The summed E-state index contributed by atoms with van der Waals surface area (Å²) in [4.78, 5) is 15.1. The number of nitrogens with zero attached hydrogens (tertiary/aromatic N) is 4. The second-order valence-corrected chi connectivity index (χ2v) is 6.52. The van der Waals surface area contributed by atoms with E-state index < -0.39 is 0 Å². The third-order valence-electron chi connectivity index (χ3n) is 4.81. The maximum Gasteiger partial charge on any atom is 0.220 e. The lowest BCUT2D eigenvalue weighted by Crippen LogP contribution is -2.34. The van der Waals surface area contributed by atoms with Crippen molar-refractivity contribution < 1.29 is 4.39 Å². The van der Waals surface area contributed by atoms with E-state index in [9.17, 15) is 4.39 Å². The Morgan fingerprint density at radius 2 is 2.08 bits per heavy atom. The number of hydrogen-bond acceptors (Lipinski definition) is 5. The zero-order valence-electron chi connectivity index (χ0n) is 13.9. The smallest absolute Gasteiger partial charge is 0.220 e. The van der Waals surface area contributed by atoms with Crippen molar-refractivity contribution in [3.8, 4) is 0 Å². The molecule has 1 saturated heterocycles. The first-order chi connectivity index (χ1) is 12.2. The molecule has 4 rings (SSSR count). The molecule has 5 nitrogen and oxygen atoms in total. The van der Waals surface area contributed by atoms with Crippen LogP contribution in [0, 0.1) is 5.82 Å². The summed E-state index contributed by atoms with van der Waals surface area (Å²) in [6, 6.07) is 8.87. The van der Waals surface area contributed by atoms with Gasteiger partial charge in [-0.2, -0.15) is 0 Å². The number of piperidine rings is 1. The Hall–Kier alpha value is -2.60. The van der Waals surface area contributed by atoms with Crippen LogP contribution < -0.4 is 5.73 Å². The van der Waals surface area contributed by atoms with Crippen LogP contribution in [0.1, 0.15) is 30.0 Å². The molecule has 6 heteroatoms. The van der Waals surface area contributed by atoms with Gasteiger partial charge in [-0.3, -0.25) is 9.88 Å². The molecule has 0 radical (unpaired) electrons. The highest BCUT2D eigenvalue weighted by molar-refractivity contribution is 5.82. The van der Waals surface area contributed by atoms with Crippen LogP contribution in [0.5, 0.6) is 0 Å². The zero-order chi connectivity index (χ0) is 17.2. The molecular weight excluding hydrogens is 317 g/mol. The van der Waals surface area contributed by atoms with E-state index in [4.69, 9.17) is 5.73 Å². The van der Waals surface area contributed by atoms with Gasteiger partial charge in [0.15, 0.2) is 0 Å². The minimum Gasteiger partial charge on any atom is -0.368 e. The highest BCUT2D eigenvalue weighted by Gasteiger charge is 2.23. The largest absolute Gasteiger partial charge is 0.368 e. The summed E-state index contributed by atoms with van der Waals surface area (Å²) in [6.45, 7) is 2.68. The van der Waals surface area contributed by atoms with E-state index in [0.29, 0.717) is 17.3 Å². The Morgan fingerprint density at radius 3 is 2.96 bits per heavy atom. The van der Waals surface area contributed by atoms with Crippen LogP contribution in [-0.4, -0.2) is 32.9 Å². The second-order valence-electron chi connectivity index (χ2n) is 6.52. The summed E-state index contributed by atoms with van der Waals surface area (Å²) < 4.78 is 14.0. The number of halogens is 1. The number of fused-ring (bicyclic) bond motifs is 1. The van der Waals surface area contributed by atoms with Gasteiger partial charge in [0.25, 0.3) is 0 Å². The first-order valence-corrected chi connectivity index (χ1v) is 8.53. The number of nitrogens with two attached hydrogens (primary N) is 1. The quantitative estimate of drug-likeness (QED) is 0.795. The van der Waals surface area contributed by atoms with Crippen molar-refractivity contribution in [3.05, 3.63) is 59.8 Å². The highest BCUT2D eigenvalue weighted by atomic mass is 19.1. The van der Waals surface area contributed by atoms with Crippen LogP contribution in [0.3, 0.4) is 0 Å². The molecule has 1 unspecified atom stereocenters. The van der Waals surface area contributed by atoms with Gasteiger partial charge in [-0.15, -0.1) is 0 Å². The van der Waals surface area contributed by atoms with Crippen LogP contribution in [0.15, 0.2) is 42.7 Å². The lowest BCUT2D eigenvalue weighted by atomic mass is 9.94. The lowest BCUT2D eigenvalue weighted by Gasteiger charge is -2.32. The molecule has 25 heavy (non-hydrogen) atoms. The SMILES string of the molecule is Nc1nccc(C2CCCN(Cc3ccc(F)c4cccnc34)C2)n1. The summed E-state index contributed by atoms with van der Waals surface area (Å²) in [5, 5.41) is 0.581. The minimum atomic E-state index is -0.222. The predicted octanol–water partition coefficient (Wildman–Crippen LogP) is 3.13. The van der Waals surface area contributed by atoms with E-state index in [1.165, 1.54) is 6.07 Å². The molecule has 0 amide bonds. The van der Waals surface area contributed by atoms with E-state index in [-0.39, 0.29) is 5.82 Å². The molecule has 1 aromatic carbocycles. The Balaban J connectivity index is 1.56. The van der Waals surface area contributed by atoms with E-state index in [0.717, 1.165) is 49.2 Å². The summed E-state index contributed by atoms with van der Waals surface area (Å²) in [5.74, 6) is 0.446. The van der Waals surface area contributed by atoms with Crippen molar-refractivity contribution in [1.82, 2.24) is 19.9 Å². The molecule has 3 heterocycles. The van der Waals surface area contributed by atoms with Crippen LogP contribution in [-0.2, 0) is 6.54 Å². The van der Waals surface area contributed by atoms with Crippen molar-refractivity contribution in [2.75, 3.05) is 18.8 Å². The molecular formula is C19H20FN5. The standard InChI is InChI=1S/C19H20FN5/c20-16-6-5-14(18-15(16)4-1-8-22-18)12-25-10-2-3-13(11-25)17-7-9-23-19(21)24-17/h1,4-9,13H,2-3,10-12H2,(H2,21,23,24). The first kappa shape index (κ1) is 15.9. The summed E-state index contributed by atoms with van der Waals surface area (Å²) in [6.07, 6.45) is 5.62. The molecule has 1 aliphatic rings. The highest BCUT2D eigenvalue weighted by Crippen LogP contribution is 2.28. The maximum absolute atomic E-state index is 14.0. The van der Waals surface area contributed by atoms with E-state index in [2.05, 4.69) is 19.9 Å². The molecule has 3 aromatic rings. The number of pyridine rings is 1. The fraction of sp³-hybridized carbons (Fsp3) is 0.316. The zero-order valence-corrected chi connectivity index (χ0v) is 13.9. The Labute approximate surface area is 145 Å². The number of anilines is 1. The fourth-order valence-electron chi connectivity index (χ4n) is 3.62. The number of benzene rings is 1. The predicted molar refractivity (Wildman–Crippen MR) is 95.4 cm³/mol. The molecule has 0 spiro atoms. The van der Waals surface area contributed by atoms with Crippen molar-refractivity contribution in [2.24, 2.45) is 0 Å². The average Bonchev–Trinajstić information content (AvgIpc) is 2.65. The van der Waals surface area contributed by atoms with Gasteiger partial charge in [-0.25, -0.2) is 14.4 Å².